The first-order chi connectivity index (χ1) is 14.7. The SMILES string of the molecule is C#CC1=CC(C(=O)Nc2ccc(CN3CCN(C)CC3)c(C(F)(F)F)c2)C=CC=C1C. The number of rotatable bonds is 4. The molecule has 31 heavy (non-hydrogen) atoms. The minimum atomic E-state index is -4.51. The molecule has 1 N–H and O–H groups in total. The number of anilines is 1. The molecule has 1 unspecified atom stereocenters. The van der Waals surface area contributed by atoms with Crippen LogP contribution in [0.5, 0.6) is 0 Å². The average Bonchev–Trinajstić information content (AvgIpc) is 2.91. The van der Waals surface area contributed by atoms with E-state index < -0.39 is 23.6 Å². The number of benzene rings is 1. The Hall–Kier alpha value is -2.82. The molecule has 0 radical (unpaired) electrons. The Balaban J connectivity index is 1.79. The van der Waals surface area contributed by atoms with Gasteiger partial charge in [0, 0.05) is 44.0 Å². The summed E-state index contributed by atoms with van der Waals surface area (Å²) < 4.78 is 41.2. The number of halogens is 3. The van der Waals surface area contributed by atoms with Crippen molar-refractivity contribution in [2.24, 2.45) is 5.92 Å². The van der Waals surface area contributed by atoms with Gasteiger partial charge in [0.15, 0.2) is 0 Å². The first kappa shape index (κ1) is 22.9. The molecule has 2 aliphatic rings. The van der Waals surface area contributed by atoms with Gasteiger partial charge in [-0.05, 0) is 37.2 Å². The predicted octanol–water partition coefficient (Wildman–Crippen LogP) is 4.08. The van der Waals surface area contributed by atoms with Gasteiger partial charge in [0.25, 0.3) is 0 Å². The summed E-state index contributed by atoms with van der Waals surface area (Å²) in [7, 11) is 2.00. The number of terminal acetylenes is 1. The van der Waals surface area contributed by atoms with Crippen molar-refractivity contribution in [2.45, 2.75) is 19.6 Å². The van der Waals surface area contributed by atoms with E-state index in [0.717, 1.165) is 37.8 Å². The quantitative estimate of drug-likeness (QED) is 0.733. The van der Waals surface area contributed by atoms with E-state index in [1.165, 1.54) is 12.1 Å². The molecule has 1 aromatic rings. The number of alkyl halides is 3. The number of likely N-dealkylation sites (N-methyl/N-ethyl adjacent to an activating group) is 1. The number of nitrogens with zero attached hydrogens (tertiary/aromatic N) is 2. The normalized spacial score (nSPS) is 20.5. The number of nitrogens with one attached hydrogen (secondary N) is 1. The minimum Gasteiger partial charge on any atom is -0.325 e. The first-order valence-electron chi connectivity index (χ1n) is 10.1. The molecule has 1 aliphatic carbocycles. The topological polar surface area (TPSA) is 35.6 Å². The lowest BCUT2D eigenvalue weighted by atomic mass is 10.0. The van der Waals surface area contributed by atoms with Gasteiger partial charge >= 0.3 is 6.18 Å². The van der Waals surface area contributed by atoms with E-state index in [1.54, 1.807) is 24.3 Å². The van der Waals surface area contributed by atoms with E-state index in [4.69, 9.17) is 6.42 Å². The van der Waals surface area contributed by atoms with E-state index in [1.807, 2.05) is 18.9 Å². The van der Waals surface area contributed by atoms with E-state index in [-0.39, 0.29) is 17.8 Å². The third-order valence-corrected chi connectivity index (χ3v) is 5.57. The number of carbonyl (C=O) groups is 1. The zero-order valence-electron chi connectivity index (χ0n) is 17.7. The molecule has 1 amide bonds. The molecule has 0 saturated carbocycles. The van der Waals surface area contributed by atoms with Crippen LogP contribution in [0.1, 0.15) is 18.1 Å². The average molecular weight is 429 g/mol. The molecular weight excluding hydrogens is 403 g/mol. The van der Waals surface area contributed by atoms with Crippen molar-refractivity contribution in [3.8, 4) is 12.3 Å². The van der Waals surface area contributed by atoms with Gasteiger partial charge in [0.1, 0.15) is 0 Å². The summed E-state index contributed by atoms with van der Waals surface area (Å²) in [5.41, 5.74) is 1.03. The number of allylic oxidation sites excluding steroid dienone is 4. The molecule has 0 bridgehead atoms. The number of piperazine rings is 1. The largest absolute Gasteiger partial charge is 0.416 e. The predicted molar refractivity (Wildman–Crippen MR) is 116 cm³/mol. The van der Waals surface area contributed by atoms with Crippen LogP contribution in [0.4, 0.5) is 18.9 Å². The van der Waals surface area contributed by atoms with Gasteiger partial charge in [-0.2, -0.15) is 13.2 Å². The highest BCUT2D eigenvalue weighted by atomic mass is 19.4. The highest BCUT2D eigenvalue weighted by Gasteiger charge is 2.34. The molecule has 1 fully saturated rings. The van der Waals surface area contributed by atoms with Crippen LogP contribution in [-0.2, 0) is 17.5 Å². The third-order valence-electron chi connectivity index (χ3n) is 5.57. The van der Waals surface area contributed by atoms with Gasteiger partial charge in [-0.1, -0.05) is 36.3 Å². The third kappa shape index (κ3) is 5.87. The number of hydrogen-bond donors (Lipinski definition) is 1. The summed E-state index contributed by atoms with van der Waals surface area (Å²) >= 11 is 0. The number of hydrogen-bond acceptors (Lipinski definition) is 3. The Morgan fingerprint density at radius 2 is 1.97 bits per heavy atom. The van der Waals surface area contributed by atoms with Gasteiger partial charge < -0.3 is 10.2 Å². The van der Waals surface area contributed by atoms with Crippen LogP contribution in [0, 0.1) is 18.3 Å². The van der Waals surface area contributed by atoms with Crippen molar-refractivity contribution in [2.75, 3.05) is 38.5 Å². The molecule has 1 aromatic carbocycles. The van der Waals surface area contributed by atoms with Crippen molar-refractivity contribution in [3.05, 3.63) is 64.8 Å². The molecule has 1 saturated heterocycles. The second kappa shape index (κ2) is 9.54. The highest BCUT2D eigenvalue weighted by Crippen LogP contribution is 2.35. The Bertz CT molecular complexity index is 961. The fourth-order valence-corrected chi connectivity index (χ4v) is 3.63. The van der Waals surface area contributed by atoms with Gasteiger partial charge in [0.05, 0.1) is 11.5 Å². The smallest absolute Gasteiger partial charge is 0.325 e. The zero-order chi connectivity index (χ0) is 22.6. The summed E-state index contributed by atoms with van der Waals surface area (Å²) in [5, 5.41) is 2.60. The van der Waals surface area contributed by atoms with Gasteiger partial charge in [0.2, 0.25) is 5.91 Å². The van der Waals surface area contributed by atoms with E-state index in [2.05, 4.69) is 16.1 Å². The Kier molecular flexibility index (Phi) is 7.04. The summed E-state index contributed by atoms with van der Waals surface area (Å²) in [6.45, 7) is 5.15. The maximum absolute atomic E-state index is 13.7. The van der Waals surface area contributed by atoms with E-state index >= 15 is 0 Å². The second-order valence-electron chi connectivity index (χ2n) is 7.92. The maximum atomic E-state index is 13.7. The molecule has 164 valence electrons. The van der Waals surface area contributed by atoms with Crippen molar-refractivity contribution in [1.82, 2.24) is 9.80 Å². The summed E-state index contributed by atoms with van der Waals surface area (Å²) in [6.07, 6.45) is 7.81. The zero-order valence-corrected chi connectivity index (χ0v) is 17.7. The van der Waals surface area contributed by atoms with Crippen molar-refractivity contribution in [3.63, 3.8) is 0 Å². The van der Waals surface area contributed by atoms with Crippen LogP contribution in [-0.4, -0.2) is 48.9 Å². The Morgan fingerprint density at radius 3 is 2.61 bits per heavy atom. The van der Waals surface area contributed by atoms with E-state index in [0.29, 0.717) is 5.57 Å². The lowest BCUT2D eigenvalue weighted by Crippen LogP contribution is -2.44. The van der Waals surface area contributed by atoms with Crippen LogP contribution in [0.3, 0.4) is 0 Å². The van der Waals surface area contributed by atoms with Crippen LogP contribution < -0.4 is 5.32 Å². The first-order valence-corrected chi connectivity index (χ1v) is 10.1. The fraction of sp³-hybridized carbons (Fsp3) is 0.375. The summed E-state index contributed by atoms with van der Waals surface area (Å²) in [5.74, 6) is 1.43. The lowest BCUT2D eigenvalue weighted by Gasteiger charge is -2.33. The lowest BCUT2D eigenvalue weighted by molar-refractivity contribution is -0.138. The van der Waals surface area contributed by atoms with Crippen LogP contribution in [0.15, 0.2) is 53.6 Å². The second-order valence-corrected chi connectivity index (χ2v) is 7.92. The van der Waals surface area contributed by atoms with E-state index in [9.17, 15) is 18.0 Å². The molecule has 3 rings (SSSR count). The Labute approximate surface area is 181 Å². The molecule has 0 spiro atoms. The van der Waals surface area contributed by atoms with Crippen LogP contribution in [0.2, 0.25) is 0 Å². The number of amides is 1. The summed E-state index contributed by atoms with van der Waals surface area (Å²) in [6, 6.07) is 3.99. The molecule has 1 heterocycles. The molecule has 0 aromatic heterocycles. The molecular formula is C24H26F3N3O. The maximum Gasteiger partial charge on any atom is 0.416 e. The van der Waals surface area contributed by atoms with Crippen molar-refractivity contribution < 1.29 is 18.0 Å². The molecule has 1 aliphatic heterocycles. The molecule has 7 heteroatoms. The molecule has 1 atom stereocenters. The monoisotopic (exact) mass is 429 g/mol. The van der Waals surface area contributed by atoms with Gasteiger partial charge in [-0.15, -0.1) is 6.42 Å². The van der Waals surface area contributed by atoms with Crippen molar-refractivity contribution >= 4 is 11.6 Å². The minimum absolute atomic E-state index is 0.109. The van der Waals surface area contributed by atoms with Gasteiger partial charge in [-0.3, -0.25) is 9.69 Å². The summed E-state index contributed by atoms with van der Waals surface area (Å²) in [4.78, 5) is 16.9. The number of carbonyl (C=O) groups excluding carboxylic acids is 1. The van der Waals surface area contributed by atoms with Gasteiger partial charge in [-0.25, -0.2) is 0 Å². The van der Waals surface area contributed by atoms with Crippen molar-refractivity contribution in [1.29, 1.82) is 0 Å². The molecule has 4 nitrogen and oxygen atoms in total. The fourth-order valence-electron chi connectivity index (χ4n) is 3.63. The van der Waals surface area contributed by atoms with Crippen LogP contribution >= 0.6 is 0 Å². The standard InChI is InChI=1S/C24H26F3N3O/c1-4-18-14-19(7-5-6-17(18)2)23(31)28-21-9-8-20(22(15-21)24(25,26)27)16-30-12-10-29(3)11-13-30/h1,5-9,14-15,19H,10-13,16H2,2-3H3,(H,28,31). The Morgan fingerprint density at radius 1 is 1.26 bits per heavy atom. The van der Waals surface area contributed by atoms with Crippen LogP contribution in [0.25, 0.3) is 0 Å². The highest BCUT2D eigenvalue weighted by molar-refractivity contribution is 5.95.